The molecule has 0 aliphatic carbocycles. The second-order valence-corrected chi connectivity index (χ2v) is 2.88. The predicted molar refractivity (Wildman–Crippen MR) is 45.2 cm³/mol. The van der Waals surface area contributed by atoms with Gasteiger partial charge in [-0.25, -0.2) is 0 Å². The molecule has 0 aliphatic heterocycles. The summed E-state index contributed by atoms with van der Waals surface area (Å²) in [6.45, 7) is 0. The predicted octanol–water partition coefficient (Wildman–Crippen LogP) is 2.51. The lowest BCUT2D eigenvalue weighted by molar-refractivity contribution is -0.289. The van der Waals surface area contributed by atoms with Crippen molar-refractivity contribution in [3.63, 3.8) is 0 Å². The van der Waals surface area contributed by atoms with Gasteiger partial charge in [-0.1, -0.05) is 12.1 Å². The van der Waals surface area contributed by atoms with Crippen molar-refractivity contribution in [1.82, 2.24) is 0 Å². The minimum Gasteiger partial charge on any atom is -0.397 e. The van der Waals surface area contributed by atoms with Crippen LogP contribution >= 0.6 is 0 Å². The molecule has 0 unspecified atom stereocenters. The van der Waals surface area contributed by atoms with E-state index < -0.39 is 23.3 Å². The van der Waals surface area contributed by atoms with E-state index in [-0.39, 0.29) is 5.69 Å². The third kappa shape index (κ3) is 1.81. The maximum Gasteiger partial charge on any atom is 0.458 e. The third-order valence-electron chi connectivity index (χ3n) is 1.83. The average molecular weight is 226 g/mol. The molecule has 0 aromatic heterocycles. The van der Waals surface area contributed by atoms with Gasteiger partial charge in [0.25, 0.3) is 0 Å². The molecule has 2 nitrogen and oxygen atoms in total. The molecule has 15 heavy (non-hydrogen) atoms. The van der Waals surface area contributed by atoms with Crippen molar-refractivity contribution in [3.05, 3.63) is 23.8 Å². The number of benzene rings is 1. The van der Waals surface area contributed by atoms with E-state index in [9.17, 15) is 22.0 Å². The zero-order valence-electron chi connectivity index (χ0n) is 7.28. The Hall–Kier alpha value is -1.53. The Bertz CT molecular complexity index is 372. The molecule has 7 heteroatoms. The van der Waals surface area contributed by atoms with E-state index in [1.54, 1.807) is 0 Å². The lowest BCUT2D eigenvalue weighted by Crippen LogP contribution is -2.34. The Morgan fingerprint density at radius 1 is 0.933 bits per heavy atom. The van der Waals surface area contributed by atoms with Crippen molar-refractivity contribution in [3.8, 4) is 0 Å². The molecule has 0 saturated heterocycles. The molecule has 1 aromatic carbocycles. The van der Waals surface area contributed by atoms with Gasteiger partial charge < -0.3 is 11.5 Å². The van der Waals surface area contributed by atoms with Crippen LogP contribution in [0.5, 0.6) is 0 Å². The smallest absolute Gasteiger partial charge is 0.397 e. The summed E-state index contributed by atoms with van der Waals surface area (Å²) in [5.74, 6) is -4.99. The maximum absolute atomic E-state index is 12.8. The fourth-order valence-corrected chi connectivity index (χ4v) is 1.01. The second kappa shape index (κ2) is 3.25. The van der Waals surface area contributed by atoms with Crippen LogP contribution in [-0.2, 0) is 5.92 Å². The first-order valence-corrected chi connectivity index (χ1v) is 3.77. The van der Waals surface area contributed by atoms with Gasteiger partial charge in [-0.3, -0.25) is 0 Å². The van der Waals surface area contributed by atoms with E-state index in [2.05, 4.69) is 0 Å². The van der Waals surface area contributed by atoms with Gasteiger partial charge in [-0.05, 0) is 6.07 Å². The van der Waals surface area contributed by atoms with Crippen LogP contribution in [0.1, 0.15) is 5.56 Å². The Morgan fingerprint density at radius 3 is 1.93 bits per heavy atom. The quantitative estimate of drug-likeness (QED) is 0.571. The van der Waals surface area contributed by atoms with Gasteiger partial charge in [-0.15, -0.1) is 0 Å². The van der Waals surface area contributed by atoms with Gasteiger partial charge in [0.15, 0.2) is 0 Å². The first-order valence-electron chi connectivity index (χ1n) is 3.77. The van der Waals surface area contributed by atoms with Gasteiger partial charge in [0.2, 0.25) is 0 Å². The summed E-state index contributed by atoms with van der Waals surface area (Å²) in [6.07, 6.45) is -5.69. The highest BCUT2D eigenvalue weighted by atomic mass is 19.4. The first kappa shape index (κ1) is 11.5. The average Bonchev–Trinajstić information content (AvgIpc) is 2.07. The van der Waals surface area contributed by atoms with Crippen LogP contribution in [0.15, 0.2) is 18.2 Å². The summed E-state index contributed by atoms with van der Waals surface area (Å²) < 4.78 is 61.6. The molecule has 0 spiro atoms. The standard InChI is InChI=1S/C8H7F5N2/c9-7(10,8(11,12)13)4-2-1-3-5(14)6(4)15/h1-3H,14-15H2. The number of halogens is 5. The van der Waals surface area contributed by atoms with Crippen molar-refractivity contribution in [2.75, 3.05) is 11.5 Å². The molecule has 1 rings (SSSR count). The van der Waals surface area contributed by atoms with E-state index >= 15 is 0 Å². The van der Waals surface area contributed by atoms with E-state index in [0.29, 0.717) is 6.07 Å². The number of para-hydroxylation sites is 1. The second-order valence-electron chi connectivity index (χ2n) is 2.88. The van der Waals surface area contributed by atoms with Gasteiger partial charge in [0.05, 0.1) is 16.9 Å². The van der Waals surface area contributed by atoms with Crippen molar-refractivity contribution < 1.29 is 22.0 Å². The van der Waals surface area contributed by atoms with Gasteiger partial charge in [-0.2, -0.15) is 22.0 Å². The van der Waals surface area contributed by atoms with Crippen molar-refractivity contribution in [2.45, 2.75) is 12.1 Å². The Balaban J connectivity index is 3.34. The molecule has 0 heterocycles. The number of nitrogens with two attached hydrogens (primary N) is 2. The Labute approximate surface area is 81.7 Å². The number of rotatable bonds is 1. The fraction of sp³-hybridized carbons (Fsp3) is 0.250. The van der Waals surface area contributed by atoms with E-state index in [0.717, 1.165) is 12.1 Å². The van der Waals surface area contributed by atoms with Gasteiger partial charge in [0, 0.05) is 0 Å². The molecule has 0 aliphatic rings. The first-order chi connectivity index (χ1) is 6.68. The minimum absolute atomic E-state index is 0.309. The highest BCUT2D eigenvalue weighted by molar-refractivity contribution is 5.68. The molecule has 0 bridgehead atoms. The summed E-state index contributed by atoms with van der Waals surface area (Å²) in [6, 6.07) is 2.73. The molecule has 1 aromatic rings. The normalized spacial score (nSPS) is 12.9. The summed E-state index contributed by atoms with van der Waals surface area (Å²) in [4.78, 5) is 0. The number of hydrogen-bond donors (Lipinski definition) is 2. The number of nitrogen functional groups attached to an aromatic ring is 2. The maximum atomic E-state index is 12.8. The largest absolute Gasteiger partial charge is 0.458 e. The van der Waals surface area contributed by atoms with E-state index in [1.807, 2.05) is 0 Å². The van der Waals surface area contributed by atoms with Gasteiger partial charge in [0.1, 0.15) is 0 Å². The molecule has 0 saturated carbocycles. The monoisotopic (exact) mass is 226 g/mol. The van der Waals surface area contributed by atoms with Crippen molar-refractivity contribution >= 4 is 11.4 Å². The molecule has 0 radical (unpaired) electrons. The lowest BCUT2D eigenvalue weighted by atomic mass is 10.0. The highest BCUT2D eigenvalue weighted by Gasteiger charge is 2.59. The molecule has 4 N–H and O–H groups in total. The van der Waals surface area contributed by atoms with E-state index in [1.165, 1.54) is 0 Å². The van der Waals surface area contributed by atoms with Crippen LogP contribution in [-0.4, -0.2) is 6.18 Å². The number of hydrogen-bond acceptors (Lipinski definition) is 2. The van der Waals surface area contributed by atoms with Crippen LogP contribution in [0.3, 0.4) is 0 Å². The summed E-state index contributed by atoms with van der Waals surface area (Å²) in [5.41, 5.74) is 7.81. The molecular formula is C8H7F5N2. The zero-order chi connectivity index (χ0) is 11.9. The van der Waals surface area contributed by atoms with E-state index in [4.69, 9.17) is 11.5 Å². The summed E-state index contributed by atoms with van der Waals surface area (Å²) >= 11 is 0. The van der Waals surface area contributed by atoms with Crippen LogP contribution in [0.4, 0.5) is 33.3 Å². The summed E-state index contributed by atoms with van der Waals surface area (Å²) in [5, 5.41) is 0. The Kier molecular flexibility index (Phi) is 2.50. The molecule has 0 fully saturated rings. The summed E-state index contributed by atoms with van der Waals surface area (Å²) in [7, 11) is 0. The van der Waals surface area contributed by atoms with Crippen molar-refractivity contribution in [1.29, 1.82) is 0 Å². The number of anilines is 2. The molecule has 84 valence electrons. The van der Waals surface area contributed by atoms with Crippen LogP contribution in [0.25, 0.3) is 0 Å². The fourth-order valence-electron chi connectivity index (χ4n) is 1.01. The van der Waals surface area contributed by atoms with Crippen molar-refractivity contribution in [2.24, 2.45) is 0 Å². The number of alkyl halides is 5. The topological polar surface area (TPSA) is 52.0 Å². The van der Waals surface area contributed by atoms with Gasteiger partial charge >= 0.3 is 12.1 Å². The minimum atomic E-state index is -5.69. The molecule has 0 amide bonds. The van der Waals surface area contributed by atoms with Crippen LogP contribution in [0.2, 0.25) is 0 Å². The highest BCUT2D eigenvalue weighted by Crippen LogP contribution is 2.46. The van der Waals surface area contributed by atoms with Crippen LogP contribution in [0, 0.1) is 0 Å². The lowest BCUT2D eigenvalue weighted by Gasteiger charge is -2.21. The van der Waals surface area contributed by atoms with Crippen LogP contribution < -0.4 is 11.5 Å². The third-order valence-corrected chi connectivity index (χ3v) is 1.83. The molecular weight excluding hydrogens is 219 g/mol. The SMILES string of the molecule is Nc1cccc(C(F)(F)C(F)(F)F)c1N. The Morgan fingerprint density at radius 2 is 1.47 bits per heavy atom. The zero-order valence-corrected chi connectivity index (χ0v) is 7.28. The molecule has 0 atom stereocenters.